The molecule has 0 saturated heterocycles. The van der Waals surface area contributed by atoms with Crippen LogP contribution in [0.5, 0.6) is 0 Å². The molecule has 2 rings (SSSR count). The molecule has 0 bridgehead atoms. The summed E-state index contributed by atoms with van der Waals surface area (Å²) in [7, 11) is 0. The van der Waals surface area contributed by atoms with E-state index in [9.17, 15) is 0 Å². The number of hydrogen-bond donors (Lipinski definition) is 0. The second-order valence-electron chi connectivity index (χ2n) is 2.78. The zero-order chi connectivity index (χ0) is 8.55. The predicted molar refractivity (Wildman–Crippen MR) is 52.7 cm³/mol. The highest BCUT2D eigenvalue weighted by atomic mass is 32.1. The van der Waals surface area contributed by atoms with E-state index in [1.54, 1.807) is 0 Å². The summed E-state index contributed by atoms with van der Waals surface area (Å²) in [6, 6.07) is 2.25. The van der Waals surface area contributed by atoms with Gasteiger partial charge in [0.15, 0.2) is 0 Å². The van der Waals surface area contributed by atoms with E-state index >= 15 is 0 Å². The van der Waals surface area contributed by atoms with Gasteiger partial charge in [0.05, 0.1) is 16.4 Å². The maximum atomic E-state index is 4.28. The SMILES string of the molecule is CCc1cc2c(cnn2CC)s1. The van der Waals surface area contributed by atoms with Crippen LogP contribution in [0.4, 0.5) is 0 Å². The van der Waals surface area contributed by atoms with Crippen LogP contribution in [0, 0.1) is 0 Å². The molecule has 0 fully saturated rings. The monoisotopic (exact) mass is 180 g/mol. The number of thiophene rings is 1. The Morgan fingerprint density at radius 2 is 2.33 bits per heavy atom. The first-order chi connectivity index (χ1) is 5.85. The Balaban J connectivity index is 2.60. The number of aryl methyl sites for hydroxylation is 2. The lowest BCUT2D eigenvalue weighted by atomic mass is 10.3. The number of hydrogen-bond acceptors (Lipinski definition) is 2. The molecule has 0 N–H and O–H groups in total. The standard InChI is InChI=1S/C9H12N2S/c1-3-7-5-8-9(12-7)6-10-11(8)4-2/h5-6H,3-4H2,1-2H3. The Morgan fingerprint density at radius 3 is 3.00 bits per heavy atom. The molecule has 0 atom stereocenters. The maximum Gasteiger partial charge on any atom is 0.0793 e. The van der Waals surface area contributed by atoms with Gasteiger partial charge in [0.1, 0.15) is 0 Å². The fourth-order valence-corrected chi connectivity index (χ4v) is 2.32. The van der Waals surface area contributed by atoms with Crippen LogP contribution in [-0.2, 0) is 13.0 Å². The normalized spacial score (nSPS) is 11.2. The topological polar surface area (TPSA) is 17.8 Å². The highest BCUT2D eigenvalue weighted by Gasteiger charge is 2.04. The predicted octanol–water partition coefficient (Wildman–Crippen LogP) is 2.68. The minimum atomic E-state index is 0.962. The molecule has 12 heavy (non-hydrogen) atoms. The van der Waals surface area contributed by atoms with Crippen LogP contribution in [-0.4, -0.2) is 9.78 Å². The van der Waals surface area contributed by atoms with Gasteiger partial charge in [-0.2, -0.15) is 5.10 Å². The lowest BCUT2D eigenvalue weighted by Gasteiger charge is -1.93. The van der Waals surface area contributed by atoms with Crippen molar-refractivity contribution in [1.29, 1.82) is 0 Å². The summed E-state index contributed by atoms with van der Waals surface area (Å²) < 4.78 is 3.36. The third kappa shape index (κ3) is 1.05. The molecule has 0 radical (unpaired) electrons. The highest BCUT2D eigenvalue weighted by molar-refractivity contribution is 7.19. The molecule has 2 heterocycles. The van der Waals surface area contributed by atoms with E-state index in [1.165, 1.54) is 15.1 Å². The van der Waals surface area contributed by atoms with Crippen molar-refractivity contribution in [2.75, 3.05) is 0 Å². The van der Waals surface area contributed by atoms with Gasteiger partial charge < -0.3 is 0 Å². The van der Waals surface area contributed by atoms with Gasteiger partial charge in [0, 0.05) is 11.4 Å². The van der Waals surface area contributed by atoms with Crippen LogP contribution in [0.15, 0.2) is 12.3 Å². The van der Waals surface area contributed by atoms with E-state index in [1.807, 2.05) is 22.2 Å². The van der Waals surface area contributed by atoms with Crippen LogP contribution in [0.1, 0.15) is 18.7 Å². The van der Waals surface area contributed by atoms with Crippen molar-refractivity contribution >= 4 is 21.6 Å². The zero-order valence-corrected chi connectivity index (χ0v) is 8.19. The molecule has 2 nitrogen and oxygen atoms in total. The summed E-state index contributed by atoms with van der Waals surface area (Å²) in [4.78, 5) is 1.45. The van der Waals surface area contributed by atoms with Crippen LogP contribution in [0.2, 0.25) is 0 Å². The quantitative estimate of drug-likeness (QED) is 0.694. The van der Waals surface area contributed by atoms with Gasteiger partial charge >= 0.3 is 0 Å². The first-order valence-electron chi connectivity index (χ1n) is 4.29. The summed E-state index contributed by atoms with van der Waals surface area (Å²) in [6.07, 6.45) is 3.09. The fourth-order valence-electron chi connectivity index (χ4n) is 1.35. The number of nitrogens with zero attached hydrogens (tertiary/aromatic N) is 2. The van der Waals surface area contributed by atoms with Crippen molar-refractivity contribution < 1.29 is 0 Å². The molecule has 0 aliphatic heterocycles. The molecule has 0 aromatic carbocycles. The Hall–Kier alpha value is -0.830. The first kappa shape index (κ1) is 7.80. The zero-order valence-electron chi connectivity index (χ0n) is 7.37. The van der Waals surface area contributed by atoms with Gasteiger partial charge in [-0.15, -0.1) is 11.3 Å². The fraction of sp³-hybridized carbons (Fsp3) is 0.444. The molecule has 3 heteroatoms. The summed E-state index contributed by atoms with van der Waals surface area (Å²) in [5, 5.41) is 4.28. The van der Waals surface area contributed by atoms with E-state index in [-0.39, 0.29) is 0 Å². The Morgan fingerprint density at radius 1 is 1.50 bits per heavy atom. The molecule has 0 aliphatic carbocycles. The van der Waals surface area contributed by atoms with E-state index < -0.39 is 0 Å². The van der Waals surface area contributed by atoms with Crippen LogP contribution < -0.4 is 0 Å². The highest BCUT2D eigenvalue weighted by Crippen LogP contribution is 2.25. The molecular formula is C9H12N2S. The van der Waals surface area contributed by atoms with E-state index in [0.29, 0.717) is 0 Å². The van der Waals surface area contributed by atoms with Crippen molar-refractivity contribution in [3.8, 4) is 0 Å². The third-order valence-corrected chi connectivity index (χ3v) is 3.23. The van der Waals surface area contributed by atoms with Gasteiger partial charge in [-0.05, 0) is 19.4 Å². The van der Waals surface area contributed by atoms with Gasteiger partial charge in [0.25, 0.3) is 0 Å². The minimum Gasteiger partial charge on any atom is -0.264 e. The van der Waals surface area contributed by atoms with Crippen LogP contribution >= 0.6 is 11.3 Å². The van der Waals surface area contributed by atoms with Crippen molar-refractivity contribution in [3.05, 3.63) is 17.1 Å². The molecule has 0 amide bonds. The minimum absolute atomic E-state index is 0.962. The summed E-state index contributed by atoms with van der Waals surface area (Å²) in [5.74, 6) is 0. The Labute approximate surface area is 75.8 Å². The van der Waals surface area contributed by atoms with Gasteiger partial charge in [-0.25, -0.2) is 0 Å². The largest absolute Gasteiger partial charge is 0.264 e. The Kier molecular flexibility index (Phi) is 1.89. The van der Waals surface area contributed by atoms with E-state index in [0.717, 1.165) is 13.0 Å². The Bertz CT molecular complexity index is 386. The molecule has 0 aliphatic rings. The smallest absolute Gasteiger partial charge is 0.0793 e. The molecular weight excluding hydrogens is 168 g/mol. The maximum absolute atomic E-state index is 4.28. The molecule has 0 spiro atoms. The van der Waals surface area contributed by atoms with Crippen LogP contribution in [0.25, 0.3) is 10.2 Å². The van der Waals surface area contributed by atoms with Crippen molar-refractivity contribution in [1.82, 2.24) is 9.78 Å². The van der Waals surface area contributed by atoms with Crippen molar-refractivity contribution in [3.63, 3.8) is 0 Å². The molecule has 0 saturated carbocycles. The molecule has 64 valence electrons. The number of rotatable bonds is 2. The van der Waals surface area contributed by atoms with Crippen LogP contribution in [0.3, 0.4) is 0 Å². The van der Waals surface area contributed by atoms with E-state index in [2.05, 4.69) is 25.0 Å². The second kappa shape index (κ2) is 2.90. The number of fused-ring (bicyclic) bond motifs is 1. The van der Waals surface area contributed by atoms with Crippen molar-refractivity contribution in [2.45, 2.75) is 26.8 Å². The van der Waals surface area contributed by atoms with Gasteiger partial charge in [0.2, 0.25) is 0 Å². The third-order valence-electron chi connectivity index (χ3n) is 2.03. The van der Waals surface area contributed by atoms with E-state index in [4.69, 9.17) is 0 Å². The van der Waals surface area contributed by atoms with Crippen molar-refractivity contribution in [2.24, 2.45) is 0 Å². The molecule has 2 aromatic rings. The summed E-state index contributed by atoms with van der Waals surface area (Å²) in [6.45, 7) is 5.27. The molecule has 0 unspecified atom stereocenters. The second-order valence-corrected chi connectivity index (χ2v) is 3.94. The number of aromatic nitrogens is 2. The summed E-state index contributed by atoms with van der Waals surface area (Å²) in [5.41, 5.74) is 1.29. The summed E-state index contributed by atoms with van der Waals surface area (Å²) >= 11 is 1.85. The molecule has 2 aromatic heterocycles. The average Bonchev–Trinajstić information content (AvgIpc) is 2.61. The lowest BCUT2D eigenvalue weighted by Crippen LogP contribution is -1.94. The lowest BCUT2D eigenvalue weighted by molar-refractivity contribution is 0.684. The van der Waals surface area contributed by atoms with Gasteiger partial charge in [-0.1, -0.05) is 6.92 Å². The average molecular weight is 180 g/mol. The van der Waals surface area contributed by atoms with Gasteiger partial charge in [-0.3, -0.25) is 4.68 Å². The first-order valence-corrected chi connectivity index (χ1v) is 5.11.